The Morgan fingerprint density at radius 3 is 1.92 bits per heavy atom. The number of hydrogen-bond acceptors (Lipinski definition) is 8. The van der Waals surface area contributed by atoms with Crippen molar-refractivity contribution < 1.29 is 4.79 Å². The molecular formula is C40H30N8O. The number of nitriles is 6. The van der Waals surface area contributed by atoms with Crippen molar-refractivity contribution in [3.8, 4) is 36.4 Å². The molecule has 1 fully saturated rings. The van der Waals surface area contributed by atoms with Gasteiger partial charge in [-0.3, -0.25) is 4.79 Å². The number of allylic oxidation sites excluding steroid dienone is 13. The van der Waals surface area contributed by atoms with Gasteiger partial charge in [-0.1, -0.05) is 85.0 Å². The van der Waals surface area contributed by atoms with Crippen molar-refractivity contribution in [1.29, 1.82) is 31.6 Å². The summed E-state index contributed by atoms with van der Waals surface area (Å²) in [5.41, 5.74) is 5.06. The van der Waals surface area contributed by atoms with Crippen LogP contribution in [0, 0.1) is 73.9 Å². The number of amides is 1. The Bertz CT molecular complexity index is 2020. The standard InChI is InChI=1S/C40H30N8O/c41-23-34(38(36(25-43)26-44)30-9-3-1-4-10-30)15-7-13-32-17-18-33(40(32)48-21-19-47(29-49)20-22-48)14-8-16-35(24-42)39(37(27-45)28-46)31-11-5-2-6-12-31/h1-16,29,36H,17-22H2/b14-8+,15-7+,32-13+,35-16+,38-34-. The van der Waals surface area contributed by atoms with Crippen LogP contribution in [0.15, 0.2) is 131 Å². The van der Waals surface area contributed by atoms with E-state index < -0.39 is 5.92 Å². The van der Waals surface area contributed by atoms with Gasteiger partial charge in [0.1, 0.15) is 17.7 Å². The quantitative estimate of drug-likeness (QED) is 0.163. The summed E-state index contributed by atoms with van der Waals surface area (Å²) >= 11 is 0. The Balaban J connectivity index is 1.76. The highest BCUT2D eigenvalue weighted by Crippen LogP contribution is 2.36. The van der Waals surface area contributed by atoms with Crippen LogP contribution in [0.2, 0.25) is 0 Å². The molecule has 1 amide bonds. The second kappa shape index (κ2) is 17.5. The third kappa shape index (κ3) is 8.36. The average Bonchev–Trinajstić information content (AvgIpc) is 3.56. The second-order valence-electron chi connectivity index (χ2n) is 10.9. The van der Waals surface area contributed by atoms with E-state index in [2.05, 4.69) is 17.0 Å². The third-order valence-electron chi connectivity index (χ3n) is 8.14. The van der Waals surface area contributed by atoms with Gasteiger partial charge in [-0.25, -0.2) is 0 Å². The van der Waals surface area contributed by atoms with Crippen LogP contribution in [0.1, 0.15) is 24.0 Å². The molecule has 2 aromatic rings. The number of nitrogens with zero attached hydrogens (tertiary/aromatic N) is 8. The van der Waals surface area contributed by atoms with Gasteiger partial charge in [0.15, 0.2) is 5.92 Å². The van der Waals surface area contributed by atoms with E-state index in [0.717, 1.165) is 23.3 Å². The Labute approximate surface area is 286 Å². The van der Waals surface area contributed by atoms with Gasteiger partial charge in [0.05, 0.1) is 35.4 Å². The summed E-state index contributed by atoms with van der Waals surface area (Å²) in [6.45, 7) is 2.36. The molecule has 49 heavy (non-hydrogen) atoms. The molecule has 9 heteroatoms. The maximum atomic E-state index is 11.4. The fraction of sp³-hybridized carbons (Fsp3) is 0.175. The van der Waals surface area contributed by atoms with Crippen LogP contribution in [0.25, 0.3) is 11.1 Å². The predicted octanol–water partition coefficient (Wildman–Crippen LogP) is 6.44. The van der Waals surface area contributed by atoms with Gasteiger partial charge in [0.25, 0.3) is 0 Å². The number of hydrogen-bond donors (Lipinski definition) is 0. The maximum absolute atomic E-state index is 11.4. The number of carbonyl (C=O) groups excluding carboxylic acids is 1. The Hall–Kier alpha value is -7.17. The van der Waals surface area contributed by atoms with Gasteiger partial charge in [0, 0.05) is 43.0 Å². The lowest BCUT2D eigenvalue weighted by Gasteiger charge is -2.36. The smallest absolute Gasteiger partial charge is 0.209 e. The number of benzene rings is 2. The second-order valence-corrected chi connectivity index (χ2v) is 10.9. The molecule has 0 atom stereocenters. The predicted molar refractivity (Wildman–Crippen MR) is 184 cm³/mol. The molecule has 0 aromatic heterocycles. The van der Waals surface area contributed by atoms with Crippen LogP contribution in [0.5, 0.6) is 0 Å². The van der Waals surface area contributed by atoms with E-state index in [1.165, 1.54) is 0 Å². The molecule has 4 rings (SSSR count). The van der Waals surface area contributed by atoms with Crippen molar-refractivity contribution in [2.24, 2.45) is 5.92 Å². The largest absolute Gasteiger partial charge is 0.368 e. The molecule has 2 aliphatic rings. The normalized spacial score (nSPS) is 16.0. The van der Waals surface area contributed by atoms with E-state index in [0.29, 0.717) is 55.7 Å². The highest BCUT2D eigenvalue weighted by Gasteiger charge is 2.26. The number of piperazine rings is 1. The molecule has 2 aromatic carbocycles. The van der Waals surface area contributed by atoms with E-state index in [1.54, 1.807) is 77.7 Å². The summed E-state index contributed by atoms with van der Waals surface area (Å²) in [7, 11) is 0. The molecular weight excluding hydrogens is 608 g/mol. The van der Waals surface area contributed by atoms with Gasteiger partial charge < -0.3 is 9.80 Å². The number of rotatable bonds is 10. The Morgan fingerprint density at radius 1 is 0.735 bits per heavy atom. The molecule has 0 bridgehead atoms. The fourth-order valence-corrected chi connectivity index (χ4v) is 5.81. The van der Waals surface area contributed by atoms with Crippen LogP contribution in [0.4, 0.5) is 0 Å². The monoisotopic (exact) mass is 638 g/mol. The third-order valence-corrected chi connectivity index (χ3v) is 8.14. The molecule has 1 aliphatic heterocycles. The van der Waals surface area contributed by atoms with Gasteiger partial charge >= 0.3 is 0 Å². The molecule has 1 heterocycles. The Kier molecular flexibility index (Phi) is 12.4. The maximum Gasteiger partial charge on any atom is 0.209 e. The number of carbonyl (C=O) groups is 1. The van der Waals surface area contributed by atoms with E-state index in [-0.39, 0.29) is 22.3 Å². The summed E-state index contributed by atoms with van der Waals surface area (Å²) in [4.78, 5) is 15.3. The molecule has 1 saturated heterocycles. The first-order chi connectivity index (χ1) is 24.0. The lowest BCUT2D eigenvalue weighted by atomic mass is 9.90. The zero-order chi connectivity index (χ0) is 35.0. The van der Waals surface area contributed by atoms with Crippen molar-refractivity contribution in [3.63, 3.8) is 0 Å². The zero-order valence-electron chi connectivity index (χ0n) is 26.6. The van der Waals surface area contributed by atoms with Crippen LogP contribution >= 0.6 is 0 Å². The lowest BCUT2D eigenvalue weighted by Crippen LogP contribution is -2.45. The first-order valence-electron chi connectivity index (χ1n) is 15.5. The lowest BCUT2D eigenvalue weighted by molar-refractivity contribution is -0.119. The molecule has 0 spiro atoms. The molecule has 236 valence electrons. The summed E-state index contributed by atoms with van der Waals surface area (Å²) in [6, 6.07) is 29.9. The van der Waals surface area contributed by atoms with Crippen molar-refractivity contribution in [3.05, 3.63) is 142 Å². The molecule has 0 unspecified atom stereocenters. The van der Waals surface area contributed by atoms with Crippen LogP contribution < -0.4 is 0 Å². The summed E-state index contributed by atoms with van der Waals surface area (Å²) in [6.07, 6.45) is 12.8. The van der Waals surface area contributed by atoms with E-state index in [9.17, 15) is 36.4 Å². The van der Waals surface area contributed by atoms with Crippen LogP contribution in [-0.2, 0) is 4.79 Å². The van der Waals surface area contributed by atoms with Gasteiger partial charge in [0.2, 0.25) is 6.41 Å². The molecule has 0 radical (unpaired) electrons. The van der Waals surface area contributed by atoms with Crippen LogP contribution in [0.3, 0.4) is 0 Å². The van der Waals surface area contributed by atoms with Gasteiger partial charge in [-0.05, 0) is 47.3 Å². The topological polar surface area (TPSA) is 166 Å². The van der Waals surface area contributed by atoms with E-state index in [1.807, 2.05) is 48.6 Å². The molecule has 9 nitrogen and oxygen atoms in total. The van der Waals surface area contributed by atoms with Crippen molar-refractivity contribution >= 4 is 17.6 Å². The summed E-state index contributed by atoms with van der Waals surface area (Å²) < 4.78 is 0. The molecule has 0 saturated carbocycles. The minimum atomic E-state index is -1.12. The van der Waals surface area contributed by atoms with Crippen molar-refractivity contribution in [2.75, 3.05) is 26.2 Å². The highest BCUT2D eigenvalue weighted by molar-refractivity contribution is 5.89. The SMILES string of the molecule is N#CC(C#N)=C(/C(C#N)=C/C=C/C1=C(N2CCN(C=O)CC2)C(=C/C=C/C(C#N)=C(\c2ccccc2)C(C#N)C#N)/CC1)c1ccccc1. The minimum absolute atomic E-state index is 0.157. The van der Waals surface area contributed by atoms with Crippen molar-refractivity contribution in [2.45, 2.75) is 12.8 Å². The summed E-state index contributed by atoms with van der Waals surface area (Å²) in [5.74, 6) is -1.12. The minimum Gasteiger partial charge on any atom is -0.368 e. The van der Waals surface area contributed by atoms with Crippen LogP contribution in [-0.4, -0.2) is 42.4 Å². The average molecular weight is 639 g/mol. The molecule has 1 aliphatic carbocycles. The highest BCUT2D eigenvalue weighted by atomic mass is 16.1. The van der Waals surface area contributed by atoms with E-state index in [4.69, 9.17) is 0 Å². The molecule has 0 N–H and O–H groups in total. The zero-order valence-corrected chi connectivity index (χ0v) is 26.6. The van der Waals surface area contributed by atoms with Crippen molar-refractivity contribution in [1.82, 2.24) is 9.80 Å². The summed E-state index contributed by atoms with van der Waals surface area (Å²) in [5, 5.41) is 58.6. The van der Waals surface area contributed by atoms with Gasteiger partial charge in [-0.2, -0.15) is 31.6 Å². The Morgan fingerprint density at radius 2 is 1.37 bits per heavy atom. The first kappa shape index (κ1) is 34.7. The van der Waals surface area contributed by atoms with Gasteiger partial charge in [-0.15, -0.1) is 0 Å². The van der Waals surface area contributed by atoms with E-state index >= 15 is 0 Å². The fourth-order valence-electron chi connectivity index (χ4n) is 5.81. The first-order valence-corrected chi connectivity index (χ1v) is 15.5.